The molecule has 19 heavy (non-hydrogen) atoms. The number of allylic oxidation sites excluding steroid dienone is 1. The van der Waals surface area contributed by atoms with E-state index in [-0.39, 0.29) is 5.76 Å². The van der Waals surface area contributed by atoms with Gasteiger partial charge in [-0.05, 0) is 18.4 Å². The van der Waals surface area contributed by atoms with Gasteiger partial charge in [-0.1, -0.05) is 40.2 Å². The number of benzene rings is 1. The number of hydrogen-bond donors (Lipinski definition) is 0. The zero-order valence-corrected chi connectivity index (χ0v) is 11.8. The molecule has 3 nitrogen and oxygen atoms in total. The molecule has 0 heterocycles. The molecule has 0 atom stereocenters. The van der Waals surface area contributed by atoms with Crippen LogP contribution in [0, 0.1) is 0 Å². The molecule has 0 amide bonds. The Morgan fingerprint density at radius 1 is 1.16 bits per heavy atom. The van der Waals surface area contributed by atoms with E-state index in [4.69, 9.17) is 0 Å². The minimum Gasteiger partial charge on any atom is -0.375 e. The second-order valence-electron chi connectivity index (χ2n) is 3.87. The molecule has 0 aliphatic heterocycles. The molecule has 0 unspecified atom stereocenters. The van der Waals surface area contributed by atoms with Gasteiger partial charge in [0.2, 0.25) is 0 Å². The van der Waals surface area contributed by atoms with Gasteiger partial charge >= 0.3 is 15.6 Å². The van der Waals surface area contributed by atoms with Crippen molar-refractivity contribution >= 4 is 31.8 Å². The smallest absolute Gasteiger partial charge is 0.375 e. The zero-order chi connectivity index (χ0) is 14.3. The standard InChI is InChI=1S/C11H8BrF3O3S/c12-9-6-5-7-3-1-2-4-8(7)10(9)18-19(16,17)11(13,14)15/h1-4H,5-6H2. The number of alkyl halides is 3. The Balaban J connectivity index is 2.45. The minimum atomic E-state index is -5.66. The van der Waals surface area contributed by atoms with Gasteiger partial charge in [0.05, 0.1) is 0 Å². The summed E-state index contributed by atoms with van der Waals surface area (Å²) in [6, 6.07) is 6.58. The van der Waals surface area contributed by atoms with Crippen LogP contribution < -0.4 is 0 Å². The van der Waals surface area contributed by atoms with E-state index in [9.17, 15) is 21.6 Å². The summed E-state index contributed by atoms with van der Waals surface area (Å²) in [5.74, 6) is -0.292. The van der Waals surface area contributed by atoms with E-state index in [0.717, 1.165) is 5.56 Å². The van der Waals surface area contributed by atoms with Crippen molar-refractivity contribution in [2.75, 3.05) is 0 Å². The van der Waals surface area contributed by atoms with Crippen molar-refractivity contribution in [1.82, 2.24) is 0 Å². The van der Waals surface area contributed by atoms with Crippen molar-refractivity contribution < 1.29 is 25.8 Å². The van der Waals surface area contributed by atoms with Gasteiger partial charge in [0.15, 0.2) is 5.76 Å². The molecule has 0 saturated carbocycles. The second-order valence-corrected chi connectivity index (χ2v) is 6.37. The number of hydrogen-bond acceptors (Lipinski definition) is 3. The molecule has 0 bridgehead atoms. The fraction of sp³-hybridized carbons (Fsp3) is 0.273. The molecule has 1 aromatic carbocycles. The summed E-state index contributed by atoms with van der Waals surface area (Å²) >= 11 is 3.07. The van der Waals surface area contributed by atoms with E-state index >= 15 is 0 Å². The summed E-state index contributed by atoms with van der Waals surface area (Å²) in [5.41, 5.74) is -4.34. The molecule has 0 fully saturated rings. The maximum Gasteiger partial charge on any atom is 0.534 e. The monoisotopic (exact) mass is 356 g/mol. The van der Waals surface area contributed by atoms with Gasteiger partial charge in [0.1, 0.15) is 0 Å². The van der Waals surface area contributed by atoms with Crippen molar-refractivity contribution in [3.05, 3.63) is 39.9 Å². The molecule has 0 spiro atoms. The van der Waals surface area contributed by atoms with Gasteiger partial charge in [-0.3, -0.25) is 0 Å². The highest BCUT2D eigenvalue weighted by Gasteiger charge is 2.49. The van der Waals surface area contributed by atoms with Gasteiger partial charge in [-0.15, -0.1) is 0 Å². The van der Waals surface area contributed by atoms with Crippen molar-refractivity contribution in [3.63, 3.8) is 0 Å². The third-order valence-corrected chi connectivity index (χ3v) is 4.31. The van der Waals surface area contributed by atoms with Crippen LogP contribution in [0.3, 0.4) is 0 Å². The molecule has 0 saturated heterocycles. The van der Waals surface area contributed by atoms with Crippen LogP contribution >= 0.6 is 15.9 Å². The summed E-state index contributed by atoms with van der Waals surface area (Å²) in [6.07, 6.45) is 0.995. The van der Waals surface area contributed by atoms with Gasteiger partial charge in [-0.2, -0.15) is 21.6 Å². The van der Waals surface area contributed by atoms with E-state index in [1.165, 1.54) is 6.07 Å². The van der Waals surface area contributed by atoms with Crippen LogP contribution in [0.15, 0.2) is 28.7 Å². The Bertz CT molecular complexity index is 635. The first-order chi connectivity index (χ1) is 8.72. The number of halogens is 4. The normalized spacial score (nSPS) is 16.2. The highest BCUT2D eigenvalue weighted by atomic mass is 79.9. The second kappa shape index (κ2) is 4.82. The largest absolute Gasteiger partial charge is 0.534 e. The predicted molar refractivity (Wildman–Crippen MR) is 66.7 cm³/mol. The number of aryl methyl sites for hydroxylation is 1. The van der Waals surface area contributed by atoms with E-state index in [2.05, 4.69) is 20.1 Å². The molecule has 2 rings (SSSR count). The number of fused-ring (bicyclic) bond motifs is 1. The molecular formula is C11H8BrF3O3S. The van der Waals surface area contributed by atoms with Gasteiger partial charge < -0.3 is 4.18 Å². The highest BCUT2D eigenvalue weighted by molar-refractivity contribution is 9.11. The Labute approximate surface area is 116 Å². The topological polar surface area (TPSA) is 43.4 Å². The van der Waals surface area contributed by atoms with Crippen LogP contribution in [0.2, 0.25) is 0 Å². The van der Waals surface area contributed by atoms with Crippen molar-refractivity contribution in [2.45, 2.75) is 18.3 Å². The summed E-state index contributed by atoms with van der Waals surface area (Å²) in [5, 5.41) is 0. The summed E-state index contributed by atoms with van der Waals surface area (Å²) < 4.78 is 63.7. The van der Waals surface area contributed by atoms with Crippen molar-refractivity contribution in [3.8, 4) is 0 Å². The minimum absolute atomic E-state index is 0.292. The highest BCUT2D eigenvalue weighted by Crippen LogP contribution is 2.38. The Morgan fingerprint density at radius 3 is 2.42 bits per heavy atom. The van der Waals surface area contributed by atoms with Crippen LogP contribution in [-0.4, -0.2) is 13.9 Å². The first kappa shape index (κ1) is 14.4. The van der Waals surface area contributed by atoms with Crippen molar-refractivity contribution in [2.24, 2.45) is 0 Å². The lowest BCUT2D eigenvalue weighted by Crippen LogP contribution is -2.25. The van der Waals surface area contributed by atoms with Crippen LogP contribution in [0.25, 0.3) is 5.76 Å². The molecule has 1 aliphatic carbocycles. The van der Waals surface area contributed by atoms with Gasteiger partial charge in [0.25, 0.3) is 0 Å². The summed E-state index contributed by atoms with van der Waals surface area (Å²) in [4.78, 5) is 0. The van der Waals surface area contributed by atoms with E-state index in [1.807, 2.05) is 0 Å². The molecule has 1 aliphatic rings. The quantitative estimate of drug-likeness (QED) is 0.601. The fourth-order valence-electron chi connectivity index (χ4n) is 1.71. The maximum absolute atomic E-state index is 12.3. The van der Waals surface area contributed by atoms with E-state index in [1.54, 1.807) is 18.2 Å². The Morgan fingerprint density at radius 2 is 1.79 bits per heavy atom. The van der Waals surface area contributed by atoms with E-state index < -0.39 is 15.6 Å². The number of rotatable bonds is 2. The zero-order valence-electron chi connectivity index (χ0n) is 9.37. The van der Waals surface area contributed by atoms with Crippen LogP contribution in [-0.2, 0) is 20.7 Å². The molecule has 0 aromatic heterocycles. The third kappa shape index (κ3) is 2.79. The molecule has 1 aromatic rings. The maximum atomic E-state index is 12.3. The SMILES string of the molecule is O=S(=O)(OC1=C(Br)CCc2ccccc21)C(F)(F)F. The first-order valence-electron chi connectivity index (χ1n) is 5.20. The van der Waals surface area contributed by atoms with Crippen molar-refractivity contribution in [1.29, 1.82) is 0 Å². The molecule has 0 radical (unpaired) electrons. The first-order valence-corrected chi connectivity index (χ1v) is 7.40. The lowest BCUT2D eigenvalue weighted by Gasteiger charge is -2.20. The average Bonchev–Trinajstić information content (AvgIpc) is 2.31. The van der Waals surface area contributed by atoms with E-state index in [0.29, 0.717) is 22.9 Å². The molecule has 8 heteroatoms. The van der Waals surface area contributed by atoms with Crippen LogP contribution in [0.4, 0.5) is 13.2 Å². The fourth-order valence-corrected chi connectivity index (χ4v) is 2.82. The lowest BCUT2D eigenvalue weighted by atomic mass is 9.96. The molecule has 104 valence electrons. The predicted octanol–water partition coefficient (Wildman–Crippen LogP) is 3.56. The van der Waals surface area contributed by atoms with Crippen LogP contribution in [0.1, 0.15) is 17.5 Å². The Kier molecular flexibility index (Phi) is 3.65. The summed E-state index contributed by atoms with van der Waals surface area (Å²) in [7, 11) is -5.66. The lowest BCUT2D eigenvalue weighted by molar-refractivity contribution is -0.0509. The van der Waals surface area contributed by atoms with Crippen LogP contribution in [0.5, 0.6) is 0 Å². The molecule has 0 N–H and O–H groups in total. The van der Waals surface area contributed by atoms with Gasteiger partial charge in [0, 0.05) is 10.0 Å². The Hall–Kier alpha value is -1.02. The summed E-state index contributed by atoms with van der Waals surface area (Å²) in [6.45, 7) is 0. The molecular weight excluding hydrogens is 349 g/mol. The van der Waals surface area contributed by atoms with Gasteiger partial charge in [-0.25, -0.2) is 0 Å². The average molecular weight is 357 g/mol. The third-order valence-electron chi connectivity index (χ3n) is 2.60.